The summed E-state index contributed by atoms with van der Waals surface area (Å²) in [5.41, 5.74) is -0.762. The van der Waals surface area contributed by atoms with Crippen molar-refractivity contribution in [2.75, 3.05) is 33.2 Å². The monoisotopic (exact) mass is 282 g/mol. The van der Waals surface area contributed by atoms with Gasteiger partial charge in [-0.2, -0.15) is 0 Å². The van der Waals surface area contributed by atoms with Crippen molar-refractivity contribution in [1.82, 2.24) is 20.4 Å². The molecule has 0 aromatic heterocycles. The molecule has 1 atom stereocenters. The summed E-state index contributed by atoms with van der Waals surface area (Å²) in [5.74, 6) is -0.126. The molecule has 2 saturated heterocycles. The van der Waals surface area contributed by atoms with E-state index in [9.17, 15) is 9.59 Å². The van der Waals surface area contributed by atoms with E-state index < -0.39 is 5.54 Å². The molecule has 3 amide bonds. The summed E-state index contributed by atoms with van der Waals surface area (Å²) >= 11 is 0. The molecule has 2 rings (SSSR count). The van der Waals surface area contributed by atoms with Crippen molar-refractivity contribution in [2.24, 2.45) is 0 Å². The highest BCUT2D eigenvalue weighted by Gasteiger charge is 2.43. The van der Waals surface area contributed by atoms with E-state index in [0.29, 0.717) is 12.6 Å². The second-order valence-corrected chi connectivity index (χ2v) is 6.33. The Morgan fingerprint density at radius 2 is 2.05 bits per heavy atom. The number of hydrogen-bond acceptors (Lipinski definition) is 4. The zero-order valence-electron chi connectivity index (χ0n) is 12.7. The first-order valence-corrected chi connectivity index (χ1v) is 7.47. The number of likely N-dealkylation sites (N-methyl/N-ethyl adjacent to an activating group) is 1. The van der Waals surface area contributed by atoms with Gasteiger partial charge in [-0.15, -0.1) is 0 Å². The highest BCUT2D eigenvalue weighted by molar-refractivity contribution is 6.06. The third-order valence-electron chi connectivity index (χ3n) is 4.29. The molecular formula is C14H26N4O2. The number of imide groups is 1. The van der Waals surface area contributed by atoms with E-state index >= 15 is 0 Å². The minimum absolute atomic E-state index is 0.126. The van der Waals surface area contributed by atoms with Gasteiger partial charge in [0, 0.05) is 19.1 Å². The van der Waals surface area contributed by atoms with Gasteiger partial charge < -0.3 is 15.5 Å². The van der Waals surface area contributed by atoms with Crippen LogP contribution in [-0.4, -0.2) is 66.5 Å². The lowest BCUT2D eigenvalue weighted by molar-refractivity contribution is -0.130. The molecular weight excluding hydrogens is 256 g/mol. The quantitative estimate of drug-likeness (QED) is 0.732. The standard InChI is InChI=1S/C14H26N4O2/c1-14(2)12(19)18(13(20)16-14)10-9-17(3)11-5-4-7-15-8-6-11/h11,15H,4-10H2,1-3H3,(H,16,20). The van der Waals surface area contributed by atoms with E-state index in [4.69, 9.17) is 0 Å². The van der Waals surface area contributed by atoms with Crippen LogP contribution in [0.3, 0.4) is 0 Å². The van der Waals surface area contributed by atoms with Crippen LogP contribution in [-0.2, 0) is 4.79 Å². The molecule has 0 saturated carbocycles. The highest BCUT2D eigenvalue weighted by atomic mass is 16.2. The van der Waals surface area contributed by atoms with E-state index in [1.807, 2.05) is 0 Å². The fraction of sp³-hybridized carbons (Fsp3) is 0.857. The molecule has 2 heterocycles. The Bertz CT molecular complexity index is 375. The van der Waals surface area contributed by atoms with Gasteiger partial charge in [-0.3, -0.25) is 9.69 Å². The van der Waals surface area contributed by atoms with Crippen molar-refractivity contribution >= 4 is 11.9 Å². The van der Waals surface area contributed by atoms with Crippen LogP contribution in [0.1, 0.15) is 33.1 Å². The third kappa shape index (κ3) is 3.30. The Kier molecular flexibility index (Phi) is 4.65. The van der Waals surface area contributed by atoms with Gasteiger partial charge >= 0.3 is 6.03 Å². The zero-order valence-corrected chi connectivity index (χ0v) is 12.7. The molecule has 2 aliphatic rings. The number of hydrogen-bond donors (Lipinski definition) is 2. The zero-order chi connectivity index (χ0) is 14.8. The molecule has 0 aliphatic carbocycles. The van der Waals surface area contributed by atoms with Crippen LogP contribution in [0.25, 0.3) is 0 Å². The third-order valence-corrected chi connectivity index (χ3v) is 4.29. The lowest BCUT2D eigenvalue weighted by Gasteiger charge is -2.28. The summed E-state index contributed by atoms with van der Waals surface area (Å²) in [4.78, 5) is 27.5. The summed E-state index contributed by atoms with van der Waals surface area (Å²) in [6, 6.07) is 0.273. The second-order valence-electron chi connectivity index (χ2n) is 6.33. The van der Waals surface area contributed by atoms with Crippen LogP contribution in [0.15, 0.2) is 0 Å². The molecule has 2 N–H and O–H groups in total. The minimum atomic E-state index is -0.762. The van der Waals surface area contributed by atoms with Gasteiger partial charge in [-0.25, -0.2) is 4.79 Å². The predicted octanol–water partition coefficient (Wildman–Crippen LogP) is 0.391. The van der Waals surface area contributed by atoms with Gasteiger partial charge in [0.2, 0.25) is 0 Å². The Morgan fingerprint density at radius 3 is 2.70 bits per heavy atom. The van der Waals surface area contributed by atoms with Gasteiger partial charge in [0.1, 0.15) is 5.54 Å². The van der Waals surface area contributed by atoms with Crippen molar-refractivity contribution in [3.63, 3.8) is 0 Å². The Labute approximate surface area is 120 Å². The van der Waals surface area contributed by atoms with Crippen molar-refractivity contribution in [3.05, 3.63) is 0 Å². The molecule has 6 heteroatoms. The summed E-state index contributed by atoms with van der Waals surface area (Å²) < 4.78 is 0. The number of amides is 3. The normalized spacial score (nSPS) is 26.8. The maximum atomic E-state index is 12.1. The number of urea groups is 1. The number of nitrogens with zero attached hydrogens (tertiary/aromatic N) is 2. The lowest BCUT2D eigenvalue weighted by atomic mass is 10.1. The summed E-state index contributed by atoms with van der Waals surface area (Å²) in [6.45, 7) is 6.83. The van der Waals surface area contributed by atoms with Gasteiger partial charge in [0.25, 0.3) is 5.91 Å². The first kappa shape index (κ1) is 15.3. The Hall–Kier alpha value is -1.14. The lowest BCUT2D eigenvalue weighted by Crippen LogP contribution is -2.43. The van der Waals surface area contributed by atoms with Gasteiger partial charge in [-0.05, 0) is 53.2 Å². The van der Waals surface area contributed by atoms with Crippen molar-refractivity contribution in [2.45, 2.75) is 44.7 Å². The molecule has 6 nitrogen and oxygen atoms in total. The average molecular weight is 282 g/mol. The summed E-state index contributed by atoms with van der Waals surface area (Å²) in [5, 5.41) is 6.11. The van der Waals surface area contributed by atoms with Gasteiger partial charge in [0.15, 0.2) is 0 Å². The average Bonchev–Trinajstić information content (AvgIpc) is 2.61. The Balaban J connectivity index is 1.85. The molecule has 114 valence electrons. The van der Waals surface area contributed by atoms with E-state index in [2.05, 4.69) is 22.6 Å². The predicted molar refractivity (Wildman–Crippen MR) is 77.5 cm³/mol. The molecule has 1 unspecified atom stereocenters. The second kappa shape index (κ2) is 6.10. The molecule has 0 aromatic carbocycles. The molecule has 0 radical (unpaired) electrons. The van der Waals surface area contributed by atoms with Crippen molar-refractivity contribution < 1.29 is 9.59 Å². The van der Waals surface area contributed by atoms with Crippen LogP contribution in [0.5, 0.6) is 0 Å². The first-order chi connectivity index (χ1) is 9.42. The number of nitrogens with one attached hydrogen (secondary N) is 2. The molecule has 2 fully saturated rings. The van der Waals surface area contributed by atoms with E-state index in [1.54, 1.807) is 13.8 Å². The number of rotatable bonds is 4. The smallest absolute Gasteiger partial charge is 0.324 e. The van der Waals surface area contributed by atoms with Crippen molar-refractivity contribution in [1.29, 1.82) is 0 Å². The maximum Gasteiger partial charge on any atom is 0.325 e. The van der Waals surface area contributed by atoms with Crippen LogP contribution in [0.4, 0.5) is 4.79 Å². The SMILES string of the molecule is CN(CCN1C(=O)NC(C)(C)C1=O)C1CCCNCC1. The molecule has 0 bridgehead atoms. The molecule has 2 aliphatic heterocycles. The minimum Gasteiger partial charge on any atom is -0.324 e. The molecule has 0 spiro atoms. The van der Waals surface area contributed by atoms with E-state index in [0.717, 1.165) is 26.1 Å². The van der Waals surface area contributed by atoms with Crippen LogP contribution < -0.4 is 10.6 Å². The maximum absolute atomic E-state index is 12.1. The fourth-order valence-electron chi connectivity index (χ4n) is 2.90. The van der Waals surface area contributed by atoms with Crippen molar-refractivity contribution in [3.8, 4) is 0 Å². The highest BCUT2D eigenvalue weighted by Crippen LogP contribution is 2.17. The van der Waals surface area contributed by atoms with Crippen LogP contribution in [0.2, 0.25) is 0 Å². The Morgan fingerprint density at radius 1 is 1.30 bits per heavy atom. The molecule has 0 aromatic rings. The van der Waals surface area contributed by atoms with E-state index in [-0.39, 0.29) is 11.9 Å². The molecule has 20 heavy (non-hydrogen) atoms. The summed E-state index contributed by atoms with van der Waals surface area (Å²) in [6.07, 6.45) is 3.49. The van der Waals surface area contributed by atoms with Gasteiger partial charge in [0.05, 0.1) is 0 Å². The van der Waals surface area contributed by atoms with Crippen LogP contribution in [0, 0.1) is 0 Å². The van der Waals surface area contributed by atoms with Crippen LogP contribution >= 0.6 is 0 Å². The first-order valence-electron chi connectivity index (χ1n) is 7.47. The topological polar surface area (TPSA) is 64.7 Å². The number of carbonyl (C=O) groups is 2. The van der Waals surface area contributed by atoms with Gasteiger partial charge in [-0.1, -0.05) is 0 Å². The van der Waals surface area contributed by atoms with E-state index in [1.165, 1.54) is 17.7 Å². The fourth-order valence-corrected chi connectivity index (χ4v) is 2.90. The summed E-state index contributed by atoms with van der Waals surface area (Å²) in [7, 11) is 2.08. The number of carbonyl (C=O) groups excluding carboxylic acids is 2. The largest absolute Gasteiger partial charge is 0.325 e.